The van der Waals surface area contributed by atoms with Crippen LogP contribution in [0.15, 0.2) is 43.0 Å². The number of aromatic nitrogens is 3. The van der Waals surface area contributed by atoms with E-state index < -0.39 is 18.1 Å². The van der Waals surface area contributed by atoms with E-state index in [4.69, 9.17) is 5.73 Å². The monoisotopic (exact) mass is 356 g/mol. The van der Waals surface area contributed by atoms with Gasteiger partial charge in [-0.25, -0.2) is 4.98 Å². The molecular weight excluding hydrogens is 340 g/mol. The summed E-state index contributed by atoms with van der Waals surface area (Å²) in [6, 6.07) is 5.19. The number of fused-ring (bicyclic) bond motifs is 1. The average Bonchev–Trinajstić information content (AvgIpc) is 3.21. The molecule has 4 rings (SSSR count). The van der Waals surface area contributed by atoms with Crippen molar-refractivity contribution < 1.29 is 15.0 Å². The van der Waals surface area contributed by atoms with Crippen LogP contribution in [-0.4, -0.2) is 48.4 Å². The van der Waals surface area contributed by atoms with Crippen LogP contribution in [-0.2, 0) is 0 Å². The van der Waals surface area contributed by atoms with E-state index in [0.717, 1.165) is 0 Å². The van der Waals surface area contributed by atoms with Crippen molar-refractivity contribution in [3.63, 3.8) is 0 Å². The number of carbonyl (C=O) groups is 1. The van der Waals surface area contributed by atoms with Crippen molar-refractivity contribution in [2.45, 2.75) is 17.5 Å². The van der Waals surface area contributed by atoms with Crippen LogP contribution < -0.4 is 5.73 Å². The van der Waals surface area contributed by atoms with Gasteiger partial charge >= 0.3 is 0 Å². The molecule has 7 nitrogen and oxygen atoms in total. The Bertz CT molecular complexity index is 958. The second-order valence-corrected chi connectivity index (χ2v) is 7.05. The number of imidazole rings is 1. The van der Waals surface area contributed by atoms with Crippen LogP contribution in [0.1, 0.15) is 21.2 Å². The summed E-state index contributed by atoms with van der Waals surface area (Å²) in [5.41, 5.74) is 8.29. The molecule has 4 N–H and O–H groups in total. The Morgan fingerprint density at radius 3 is 2.68 bits per heavy atom. The van der Waals surface area contributed by atoms with E-state index in [9.17, 15) is 15.0 Å². The Balaban J connectivity index is 2.00. The lowest BCUT2D eigenvalue weighted by Crippen LogP contribution is -2.25. The fourth-order valence-corrected chi connectivity index (χ4v) is 4.54. The third-order valence-corrected chi connectivity index (χ3v) is 5.79. The van der Waals surface area contributed by atoms with E-state index >= 15 is 0 Å². The molecule has 2 aromatic heterocycles. The van der Waals surface area contributed by atoms with Crippen LogP contribution in [0, 0.1) is 0 Å². The summed E-state index contributed by atoms with van der Waals surface area (Å²) in [7, 11) is 0. The summed E-state index contributed by atoms with van der Waals surface area (Å²) < 4.78 is 1.80. The number of aliphatic hydroxyl groups is 2. The Hall–Kier alpha value is -2.42. The first-order valence-corrected chi connectivity index (χ1v) is 8.81. The Labute approximate surface area is 147 Å². The largest absolute Gasteiger partial charge is 0.390 e. The minimum absolute atomic E-state index is 0.315. The van der Waals surface area contributed by atoms with Crippen molar-refractivity contribution in [2.75, 3.05) is 5.75 Å². The molecular formula is C17H16N4O3S. The summed E-state index contributed by atoms with van der Waals surface area (Å²) >= 11 is 1.44. The standard InChI is InChI=1S/C17H16N4O3S/c18-16(24)10-3-1-2-9(15-14(23)11(22)8-25-15)12(10)13-17-20-5-7-21(17)6-4-19-13/h1-7,11,14-15,22-23H,8H2,(H2,18,24). The van der Waals surface area contributed by atoms with Gasteiger partial charge in [-0.2, -0.15) is 0 Å². The zero-order chi connectivity index (χ0) is 17.6. The number of hydrogen-bond donors (Lipinski definition) is 3. The van der Waals surface area contributed by atoms with Crippen molar-refractivity contribution in [3.8, 4) is 11.3 Å². The zero-order valence-corrected chi connectivity index (χ0v) is 13.9. The lowest BCUT2D eigenvalue weighted by molar-refractivity contribution is 0.0418. The summed E-state index contributed by atoms with van der Waals surface area (Å²) in [4.78, 5) is 20.8. The number of aliphatic hydroxyl groups excluding tert-OH is 2. The van der Waals surface area contributed by atoms with Gasteiger partial charge in [0.1, 0.15) is 5.69 Å². The third-order valence-electron chi connectivity index (χ3n) is 4.37. The molecule has 0 aliphatic carbocycles. The predicted octanol–water partition coefficient (Wildman–Crippen LogP) is 1.00. The van der Waals surface area contributed by atoms with E-state index in [0.29, 0.717) is 33.8 Å². The summed E-state index contributed by atoms with van der Waals surface area (Å²) in [5.74, 6) is -0.155. The highest BCUT2D eigenvalue weighted by atomic mass is 32.2. The van der Waals surface area contributed by atoms with Crippen molar-refractivity contribution in [1.82, 2.24) is 14.4 Å². The highest BCUT2D eigenvalue weighted by Crippen LogP contribution is 2.45. The van der Waals surface area contributed by atoms with Crippen LogP contribution in [0.3, 0.4) is 0 Å². The number of amides is 1. The third kappa shape index (κ3) is 2.58. The molecule has 0 bridgehead atoms. The molecule has 0 saturated carbocycles. The molecule has 3 unspecified atom stereocenters. The molecule has 3 heterocycles. The van der Waals surface area contributed by atoms with Crippen molar-refractivity contribution in [3.05, 3.63) is 54.1 Å². The highest BCUT2D eigenvalue weighted by Gasteiger charge is 2.37. The lowest BCUT2D eigenvalue weighted by atomic mass is 9.92. The molecule has 1 aliphatic rings. The van der Waals surface area contributed by atoms with E-state index in [1.165, 1.54) is 11.8 Å². The first-order valence-electron chi connectivity index (χ1n) is 7.76. The number of nitrogens with zero attached hydrogens (tertiary/aromatic N) is 3. The fraction of sp³-hybridized carbons (Fsp3) is 0.235. The molecule has 1 saturated heterocycles. The van der Waals surface area contributed by atoms with E-state index in [1.807, 2.05) is 6.07 Å². The first kappa shape index (κ1) is 16.1. The molecule has 8 heteroatoms. The first-order chi connectivity index (χ1) is 12.1. The van der Waals surface area contributed by atoms with Gasteiger partial charge in [0.2, 0.25) is 5.91 Å². The molecule has 1 aromatic carbocycles. The number of nitrogens with two attached hydrogens (primary N) is 1. The maximum Gasteiger partial charge on any atom is 0.249 e. The molecule has 25 heavy (non-hydrogen) atoms. The smallest absolute Gasteiger partial charge is 0.249 e. The summed E-state index contributed by atoms with van der Waals surface area (Å²) in [6.07, 6.45) is 5.09. The van der Waals surface area contributed by atoms with E-state index in [1.54, 1.807) is 41.3 Å². The molecule has 0 spiro atoms. The second kappa shape index (κ2) is 6.14. The van der Waals surface area contributed by atoms with Gasteiger partial charge in [0.05, 0.1) is 17.5 Å². The van der Waals surface area contributed by atoms with Gasteiger partial charge in [-0.3, -0.25) is 9.78 Å². The van der Waals surface area contributed by atoms with Crippen molar-refractivity contribution in [2.24, 2.45) is 5.73 Å². The van der Waals surface area contributed by atoms with Gasteiger partial charge < -0.3 is 20.3 Å². The Kier molecular flexibility index (Phi) is 3.95. The number of primary amides is 1. The second-order valence-electron chi connectivity index (χ2n) is 5.88. The number of hydrogen-bond acceptors (Lipinski definition) is 6. The van der Waals surface area contributed by atoms with Crippen LogP contribution >= 0.6 is 11.8 Å². The molecule has 128 valence electrons. The number of carbonyl (C=O) groups excluding carboxylic acids is 1. The van der Waals surface area contributed by atoms with Gasteiger partial charge in [-0.1, -0.05) is 12.1 Å². The average molecular weight is 356 g/mol. The molecule has 1 aliphatic heterocycles. The molecule has 1 amide bonds. The van der Waals surface area contributed by atoms with Crippen LogP contribution in [0.5, 0.6) is 0 Å². The number of thioether (sulfide) groups is 1. The quantitative estimate of drug-likeness (QED) is 0.645. The normalized spacial score (nSPS) is 23.2. The van der Waals surface area contributed by atoms with Crippen molar-refractivity contribution >= 4 is 23.3 Å². The van der Waals surface area contributed by atoms with E-state index in [-0.39, 0.29) is 5.25 Å². The maximum atomic E-state index is 12.0. The Morgan fingerprint density at radius 2 is 2.00 bits per heavy atom. The predicted molar refractivity (Wildman–Crippen MR) is 94.2 cm³/mol. The molecule has 1 fully saturated rings. The maximum absolute atomic E-state index is 12.0. The van der Waals surface area contributed by atoms with Gasteiger partial charge in [-0.15, -0.1) is 11.8 Å². The molecule has 0 radical (unpaired) electrons. The highest BCUT2D eigenvalue weighted by molar-refractivity contribution is 7.99. The van der Waals surface area contributed by atoms with Gasteiger partial charge in [-0.05, 0) is 11.6 Å². The van der Waals surface area contributed by atoms with E-state index in [2.05, 4.69) is 9.97 Å². The summed E-state index contributed by atoms with van der Waals surface area (Å²) in [5, 5.41) is 19.9. The lowest BCUT2D eigenvalue weighted by Gasteiger charge is -2.21. The zero-order valence-electron chi connectivity index (χ0n) is 13.1. The van der Waals surface area contributed by atoms with Gasteiger partial charge in [0, 0.05) is 41.7 Å². The number of rotatable bonds is 3. The topological polar surface area (TPSA) is 114 Å². The summed E-state index contributed by atoms with van der Waals surface area (Å²) in [6.45, 7) is 0. The minimum atomic E-state index is -0.925. The Morgan fingerprint density at radius 1 is 1.24 bits per heavy atom. The minimum Gasteiger partial charge on any atom is -0.390 e. The van der Waals surface area contributed by atoms with Gasteiger partial charge in [0.15, 0.2) is 5.65 Å². The van der Waals surface area contributed by atoms with Crippen LogP contribution in [0.25, 0.3) is 16.9 Å². The van der Waals surface area contributed by atoms with Gasteiger partial charge in [0.25, 0.3) is 0 Å². The van der Waals surface area contributed by atoms with Crippen molar-refractivity contribution in [1.29, 1.82) is 0 Å². The SMILES string of the molecule is NC(=O)c1cccc(C2SCC(O)C2O)c1-c1nccn2ccnc12. The fourth-order valence-electron chi connectivity index (χ4n) is 3.18. The molecule has 3 atom stereocenters. The van der Waals surface area contributed by atoms with Crippen LogP contribution in [0.4, 0.5) is 0 Å². The van der Waals surface area contributed by atoms with Crippen LogP contribution in [0.2, 0.25) is 0 Å². The number of benzene rings is 1. The molecule has 3 aromatic rings.